The molecule has 12 heavy (non-hydrogen) atoms. The third kappa shape index (κ3) is 1.94. The molecule has 1 fully saturated rings. The van der Waals surface area contributed by atoms with Gasteiger partial charge in [0.05, 0.1) is 0 Å². The van der Waals surface area contributed by atoms with Crippen LogP contribution in [0, 0.1) is 0 Å². The van der Waals surface area contributed by atoms with Crippen molar-refractivity contribution in [2.75, 3.05) is 27.6 Å². The molecule has 1 aliphatic rings. The first-order chi connectivity index (χ1) is 5.61. The summed E-state index contributed by atoms with van der Waals surface area (Å²) in [5.74, 6) is -0.405. The number of ether oxygens (including phenoxy) is 1. The van der Waals surface area contributed by atoms with Crippen molar-refractivity contribution in [3.8, 4) is 0 Å². The Morgan fingerprint density at radius 1 is 1.08 bits per heavy atom. The Kier molecular flexibility index (Phi) is 2.65. The van der Waals surface area contributed by atoms with E-state index in [1.807, 2.05) is 0 Å². The van der Waals surface area contributed by atoms with Crippen LogP contribution in [0.1, 0.15) is 6.42 Å². The molecular formula is C7H12N2O3. The molecule has 1 rings (SSSR count). The summed E-state index contributed by atoms with van der Waals surface area (Å²) in [6, 6.07) is 0. The topological polar surface area (TPSA) is 49.9 Å². The molecule has 2 amide bonds. The van der Waals surface area contributed by atoms with Crippen LogP contribution in [0.5, 0.6) is 0 Å². The Bertz CT molecular complexity index is 185. The number of rotatable bonds is 0. The highest BCUT2D eigenvalue weighted by molar-refractivity contribution is 5.96. The Morgan fingerprint density at radius 2 is 1.50 bits per heavy atom. The molecule has 0 aromatic carbocycles. The predicted molar refractivity (Wildman–Crippen MR) is 41.0 cm³/mol. The molecular weight excluding hydrogens is 160 g/mol. The van der Waals surface area contributed by atoms with Crippen LogP contribution in [0.15, 0.2) is 0 Å². The van der Waals surface area contributed by atoms with Gasteiger partial charge in [-0.15, -0.1) is 0 Å². The molecule has 0 N–H and O–H groups in total. The van der Waals surface area contributed by atoms with Crippen LogP contribution in [-0.4, -0.2) is 49.2 Å². The zero-order chi connectivity index (χ0) is 9.14. The van der Waals surface area contributed by atoms with Gasteiger partial charge in [0.25, 0.3) is 0 Å². The zero-order valence-electron chi connectivity index (χ0n) is 7.24. The van der Waals surface area contributed by atoms with Crippen LogP contribution in [0.3, 0.4) is 0 Å². The zero-order valence-corrected chi connectivity index (χ0v) is 7.24. The van der Waals surface area contributed by atoms with Gasteiger partial charge in [0, 0.05) is 14.1 Å². The van der Waals surface area contributed by atoms with Gasteiger partial charge in [0.1, 0.15) is 19.9 Å². The van der Waals surface area contributed by atoms with E-state index in [0.717, 1.165) is 0 Å². The minimum absolute atomic E-state index is 0.0592. The Morgan fingerprint density at radius 3 is 1.92 bits per heavy atom. The summed E-state index contributed by atoms with van der Waals surface area (Å²) in [4.78, 5) is 25.0. The minimum Gasteiger partial charge on any atom is -0.341 e. The molecule has 1 saturated heterocycles. The van der Waals surface area contributed by atoms with Crippen molar-refractivity contribution in [1.29, 1.82) is 0 Å². The summed E-state index contributed by atoms with van der Waals surface area (Å²) in [5.41, 5.74) is 0. The maximum atomic E-state index is 11.1. The molecule has 0 atom stereocenters. The van der Waals surface area contributed by atoms with E-state index >= 15 is 0 Å². The van der Waals surface area contributed by atoms with Crippen LogP contribution < -0.4 is 0 Å². The number of nitrogens with zero attached hydrogens (tertiary/aromatic N) is 2. The Balaban J connectivity index is 2.60. The fourth-order valence-electron chi connectivity index (χ4n) is 0.858. The fraction of sp³-hybridized carbons (Fsp3) is 0.714. The molecule has 0 aromatic rings. The van der Waals surface area contributed by atoms with Crippen molar-refractivity contribution in [2.45, 2.75) is 6.42 Å². The van der Waals surface area contributed by atoms with E-state index < -0.39 is 0 Å². The van der Waals surface area contributed by atoms with Gasteiger partial charge >= 0.3 is 0 Å². The quantitative estimate of drug-likeness (QED) is 0.451. The normalized spacial score (nSPS) is 20.8. The molecule has 1 heterocycles. The van der Waals surface area contributed by atoms with Crippen LogP contribution in [0.4, 0.5) is 0 Å². The second-order valence-corrected chi connectivity index (χ2v) is 2.82. The van der Waals surface area contributed by atoms with Gasteiger partial charge in [-0.2, -0.15) is 0 Å². The minimum atomic E-state index is -0.202. The van der Waals surface area contributed by atoms with Gasteiger partial charge in [-0.1, -0.05) is 0 Å². The lowest BCUT2D eigenvalue weighted by Gasteiger charge is -2.25. The second-order valence-electron chi connectivity index (χ2n) is 2.82. The fourth-order valence-corrected chi connectivity index (χ4v) is 0.858. The van der Waals surface area contributed by atoms with E-state index in [9.17, 15) is 9.59 Å². The summed E-state index contributed by atoms with van der Waals surface area (Å²) in [6.07, 6.45) is -0.0592. The van der Waals surface area contributed by atoms with E-state index in [1.54, 1.807) is 14.1 Å². The van der Waals surface area contributed by atoms with Gasteiger partial charge in [-0.25, -0.2) is 0 Å². The van der Waals surface area contributed by atoms with E-state index in [0.29, 0.717) is 0 Å². The molecule has 0 spiro atoms. The van der Waals surface area contributed by atoms with Gasteiger partial charge in [0.2, 0.25) is 11.8 Å². The van der Waals surface area contributed by atoms with Crippen molar-refractivity contribution in [3.05, 3.63) is 0 Å². The summed E-state index contributed by atoms with van der Waals surface area (Å²) < 4.78 is 5.05. The highest BCUT2D eigenvalue weighted by atomic mass is 16.5. The first kappa shape index (κ1) is 8.99. The molecule has 0 bridgehead atoms. The van der Waals surface area contributed by atoms with Crippen LogP contribution in [0.25, 0.3) is 0 Å². The monoisotopic (exact) mass is 172 g/mol. The number of amides is 2. The number of hydrogen-bond donors (Lipinski definition) is 0. The van der Waals surface area contributed by atoms with E-state index in [2.05, 4.69) is 0 Å². The molecule has 0 unspecified atom stereocenters. The summed E-state index contributed by atoms with van der Waals surface area (Å²) in [5, 5.41) is 0. The molecule has 0 aliphatic carbocycles. The van der Waals surface area contributed by atoms with Crippen LogP contribution >= 0.6 is 0 Å². The summed E-state index contributed by atoms with van der Waals surface area (Å²) >= 11 is 0. The Hall–Kier alpha value is -1.10. The van der Waals surface area contributed by atoms with Crippen molar-refractivity contribution < 1.29 is 14.3 Å². The van der Waals surface area contributed by atoms with E-state index in [-0.39, 0.29) is 31.7 Å². The maximum Gasteiger partial charge on any atom is 0.233 e. The Labute approximate surface area is 70.9 Å². The average Bonchev–Trinajstić information content (AvgIpc) is 2.02. The summed E-state index contributed by atoms with van der Waals surface area (Å²) in [7, 11) is 3.22. The second kappa shape index (κ2) is 3.53. The van der Waals surface area contributed by atoms with Gasteiger partial charge in [-0.05, 0) is 0 Å². The molecule has 0 saturated carbocycles. The average molecular weight is 172 g/mol. The van der Waals surface area contributed by atoms with Crippen molar-refractivity contribution >= 4 is 11.8 Å². The van der Waals surface area contributed by atoms with Gasteiger partial charge in [-0.3, -0.25) is 9.59 Å². The number of hydrogen-bond acceptors (Lipinski definition) is 3. The predicted octanol–water partition coefficient (Wildman–Crippen LogP) is -0.762. The highest BCUT2D eigenvalue weighted by Gasteiger charge is 2.19. The lowest BCUT2D eigenvalue weighted by atomic mass is 10.3. The number of carbonyl (C=O) groups excluding carboxylic acids is 2. The first-order valence-electron chi connectivity index (χ1n) is 3.67. The third-order valence-electron chi connectivity index (χ3n) is 1.72. The third-order valence-corrected chi connectivity index (χ3v) is 1.72. The van der Waals surface area contributed by atoms with E-state index in [1.165, 1.54) is 9.80 Å². The molecule has 0 radical (unpaired) electrons. The molecule has 5 nitrogen and oxygen atoms in total. The molecule has 0 aromatic heterocycles. The van der Waals surface area contributed by atoms with Crippen LogP contribution in [0.2, 0.25) is 0 Å². The highest BCUT2D eigenvalue weighted by Crippen LogP contribution is 2.00. The van der Waals surface area contributed by atoms with E-state index in [4.69, 9.17) is 4.74 Å². The number of carbonyl (C=O) groups is 2. The molecule has 1 aliphatic heterocycles. The first-order valence-corrected chi connectivity index (χ1v) is 3.67. The lowest BCUT2D eigenvalue weighted by molar-refractivity contribution is -0.152. The maximum absolute atomic E-state index is 11.1. The van der Waals surface area contributed by atoms with Gasteiger partial charge in [0.15, 0.2) is 0 Å². The van der Waals surface area contributed by atoms with Crippen molar-refractivity contribution in [3.63, 3.8) is 0 Å². The van der Waals surface area contributed by atoms with Gasteiger partial charge < -0.3 is 14.5 Å². The largest absolute Gasteiger partial charge is 0.341 e. The van der Waals surface area contributed by atoms with Crippen molar-refractivity contribution in [2.24, 2.45) is 0 Å². The van der Waals surface area contributed by atoms with Crippen LogP contribution in [-0.2, 0) is 14.3 Å². The lowest BCUT2D eigenvalue weighted by Crippen LogP contribution is -2.41. The van der Waals surface area contributed by atoms with Crippen molar-refractivity contribution in [1.82, 2.24) is 9.80 Å². The smallest absolute Gasteiger partial charge is 0.233 e. The molecule has 5 heteroatoms. The summed E-state index contributed by atoms with van der Waals surface area (Å²) in [6.45, 7) is 0.493. The molecule has 68 valence electrons. The standard InChI is InChI=1S/C7H12N2O3/c1-8-4-12-5-9(2)7(11)3-6(8)10/h3-5H2,1-2H3. The SMILES string of the molecule is CN1COCN(C)C(=O)CC1=O.